The summed E-state index contributed by atoms with van der Waals surface area (Å²) in [5.41, 5.74) is 2.11. The summed E-state index contributed by atoms with van der Waals surface area (Å²) in [6.45, 7) is 6.22. The number of anilines is 1. The molecule has 0 radical (unpaired) electrons. The van der Waals surface area contributed by atoms with Gasteiger partial charge in [0.1, 0.15) is 5.82 Å². The molecule has 0 saturated carbocycles. The van der Waals surface area contributed by atoms with E-state index in [2.05, 4.69) is 24.3 Å². The van der Waals surface area contributed by atoms with Crippen LogP contribution in [0.15, 0.2) is 48.2 Å². The third-order valence-electron chi connectivity index (χ3n) is 4.63. The fourth-order valence-corrected chi connectivity index (χ4v) is 3.14. The van der Waals surface area contributed by atoms with Crippen molar-refractivity contribution in [3.05, 3.63) is 59.4 Å². The monoisotopic (exact) mass is 367 g/mol. The van der Waals surface area contributed by atoms with E-state index >= 15 is 0 Å². The Morgan fingerprint density at radius 1 is 1.26 bits per heavy atom. The van der Waals surface area contributed by atoms with Crippen LogP contribution in [-0.2, 0) is 9.53 Å². The normalized spacial score (nSPS) is 15.7. The Balaban J connectivity index is 1.84. The second-order valence-electron chi connectivity index (χ2n) is 6.86. The van der Waals surface area contributed by atoms with Crippen molar-refractivity contribution < 1.29 is 14.3 Å². The van der Waals surface area contributed by atoms with Gasteiger partial charge in [-0.15, -0.1) is 0 Å². The summed E-state index contributed by atoms with van der Waals surface area (Å²) in [6, 6.07) is 10.8. The molecule has 0 spiro atoms. The number of ether oxygens (including phenoxy) is 1. The number of nitrogens with one attached hydrogen (secondary N) is 1. The fraction of sp³-hybridized carbons (Fsp3) is 0.381. The van der Waals surface area contributed by atoms with Crippen LogP contribution in [0.25, 0.3) is 0 Å². The van der Waals surface area contributed by atoms with E-state index in [9.17, 15) is 9.59 Å². The topological polar surface area (TPSA) is 73.2 Å². The molecule has 0 amide bonds. The van der Waals surface area contributed by atoms with Crippen molar-refractivity contribution in [2.45, 2.75) is 45.6 Å². The fourth-order valence-electron chi connectivity index (χ4n) is 3.14. The number of esters is 1. The number of rotatable bonds is 7. The Morgan fingerprint density at radius 2 is 2.00 bits per heavy atom. The van der Waals surface area contributed by atoms with Gasteiger partial charge in [-0.1, -0.05) is 44.2 Å². The summed E-state index contributed by atoms with van der Waals surface area (Å²) in [4.78, 5) is 25.0. The molecule has 1 atom stereocenters. The van der Waals surface area contributed by atoms with Gasteiger partial charge < -0.3 is 10.1 Å². The molecule has 1 aromatic heterocycles. The maximum atomic E-state index is 12.5. The lowest BCUT2D eigenvalue weighted by Gasteiger charge is -2.25. The molecule has 0 aliphatic carbocycles. The van der Waals surface area contributed by atoms with Crippen molar-refractivity contribution in [3.63, 3.8) is 0 Å². The van der Waals surface area contributed by atoms with Crippen molar-refractivity contribution in [2.75, 3.05) is 11.9 Å². The number of carbonyl (C=O) groups excluding carboxylic acids is 2. The van der Waals surface area contributed by atoms with Crippen LogP contribution in [0.5, 0.6) is 0 Å². The molecule has 3 rings (SSSR count). The molecule has 1 N–H and O–H groups in total. The van der Waals surface area contributed by atoms with Crippen LogP contribution >= 0.6 is 0 Å². The Bertz CT molecular complexity index is 853. The van der Waals surface area contributed by atoms with Gasteiger partial charge in [0.05, 0.1) is 23.9 Å². The highest BCUT2D eigenvalue weighted by Gasteiger charge is 2.31. The summed E-state index contributed by atoms with van der Waals surface area (Å²) < 4.78 is 7.00. The molecular weight excluding hydrogens is 342 g/mol. The smallest absolute Gasteiger partial charge is 0.337 e. The molecule has 1 aliphatic heterocycles. The Kier molecular flexibility index (Phi) is 5.74. The molecule has 27 heavy (non-hydrogen) atoms. The lowest BCUT2D eigenvalue weighted by Crippen LogP contribution is -2.26. The molecule has 2 aromatic rings. The number of benzene rings is 1. The maximum Gasteiger partial charge on any atom is 0.337 e. The molecule has 6 nitrogen and oxygen atoms in total. The van der Waals surface area contributed by atoms with Gasteiger partial charge in [-0.05, 0) is 19.3 Å². The average molecular weight is 367 g/mol. The van der Waals surface area contributed by atoms with Gasteiger partial charge in [0.15, 0.2) is 5.78 Å². The van der Waals surface area contributed by atoms with E-state index in [1.807, 2.05) is 36.4 Å². The standard InChI is InChI=1S/C21H25N3O3/c1-4-27-21(26)16-13-22-20-12-17(14(2)3)23-24(20)18(16)10-11-19(25)15-8-6-5-7-9-15/h5-9,12-14,18,22H,4,10-11H2,1-3H3. The zero-order valence-corrected chi connectivity index (χ0v) is 15.9. The van der Waals surface area contributed by atoms with Crippen LogP contribution in [0.2, 0.25) is 0 Å². The molecular formula is C21H25N3O3. The average Bonchev–Trinajstić information content (AvgIpc) is 3.11. The number of Topliss-reactive ketones (excluding diaryl/α,β-unsaturated/α-hetero) is 1. The van der Waals surface area contributed by atoms with Gasteiger partial charge in [0.25, 0.3) is 0 Å². The predicted molar refractivity (Wildman–Crippen MR) is 104 cm³/mol. The molecule has 0 saturated heterocycles. The number of fused-ring (bicyclic) bond motifs is 1. The minimum Gasteiger partial charge on any atom is -0.463 e. The van der Waals surface area contributed by atoms with E-state index < -0.39 is 0 Å². The van der Waals surface area contributed by atoms with Gasteiger partial charge >= 0.3 is 5.97 Å². The first-order valence-corrected chi connectivity index (χ1v) is 9.32. The minimum atomic E-state index is -0.380. The van der Waals surface area contributed by atoms with Gasteiger partial charge in [-0.25, -0.2) is 9.48 Å². The van der Waals surface area contributed by atoms with Crippen LogP contribution in [-0.4, -0.2) is 28.1 Å². The number of carbonyl (C=O) groups is 2. The summed E-state index contributed by atoms with van der Waals surface area (Å²) in [5.74, 6) is 0.760. The van der Waals surface area contributed by atoms with E-state index in [0.717, 1.165) is 11.5 Å². The van der Waals surface area contributed by atoms with Crippen molar-refractivity contribution in [1.29, 1.82) is 0 Å². The lowest BCUT2D eigenvalue weighted by atomic mass is 9.98. The zero-order chi connectivity index (χ0) is 19.4. The first-order valence-electron chi connectivity index (χ1n) is 9.32. The summed E-state index contributed by atoms with van der Waals surface area (Å²) in [6.07, 6.45) is 2.48. The van der Waals surface area contributed by atoms with Crippen LogP contribution in [0, 0.1) is 0 Å². The van der Waals surface area contributed by atoms with Crippen molar-refractivity contribution in [2.24, 2.45) is 0 Å². The Hall–Kier alpha value is -2.89. The third kappa shape index (κ3) is 4.10. The van der Waals surface area contributed by atoms with Crippen LogP contribution in [0.3, 0.4) is 0 Å². The molecule has 1 unspecified atom stereocenters. The van der Waals surface area contributed by atoms with Crippen molar-refractivity contribution in [1.82, 2.24) is 9.78 Å². The maximum absolute atomic E-state index is 12.5. The number of ketones is 1. The quantitative estimate of drug-likeness (QED) is 0.589. The second kappa shape index (κ2) is 8.20. The SMILES string of the molecule is CCOC(=O)C1=CNc2cc(C(C)C)nn2C1CCC(=O)c1ccccc1. The van der Waals surface area contributed by atoms with Gasteiger partial charge in [0.2, 0.25) is 0 Å². The Morgan fingerprint density at radius 3 is 2.67 bits per heavy atom. The van der Waals surface area contributed by atoms with Crippen LogP contribution < -0.4 is 5.32 Å². The minimum absolute atomic E-state index is 0.0510. The highest BCUT2D eigenvalue weighted by molar-refractivity contribution is 5.96. The molecule has 0 bridgehead atoms. The molecule has 2 heterocycles. The van der Waals surface area contributed by atoms with Crippen LogP contribution in [0.1, 0.15) is 61.6 Å². The number of hydrogen-bond acceptors (Lipinski definition) is 5. The summed E-state index contributed by atoms with van der Waals surface area (Å²) >= 11 is 0. The van der Waals surface area contributed by atoms with Gasteiger partial charge in [-0.3, -0.25) is 4.79 Å². The van der Waals surface area contributed by atoms with Gasteiger partial charge in [-0.2, -0.15) is 5.10 Å². The first kappa shape index (κ1) is 18.9. The number of nitrogens with zero attached hydrogens (tertiary/aromatic N) is 2. The Labute approximate surface area is 159 Å². The second-order valence-corrected chi connectivity index (χ2v) is 6.86. The van der Waals surface area contributed by atoms with Crippen LogP contribution in [0.4, 0.5) is 5.82 Å². The van der Waals surface area contributed by atoms with Crippen molar-refractivity contribution >= 4 is 17.6 Å². The molecule has 6 heteroatoms. The highest BCUT2D eigenvalue weighted by atomic mass is 16.5. The largest absolute Gasteiger partial charge is 0.463 e. The third-order valence-corrected chi connectivity index (χ3v) is 4.63. The first-order chi connectivity index (χ1) is 13.0. The van der Waals surface area contributed by atoms with E-state index in [-0.39, 0.29) is 23.7 Å². The zero-order valence-electron chi connectivity index (χ0n) is 15.9. The van der Waals surface area contributed by atoms with E-state index in [0.29, 0.717) is 30.6 Å². The molecule has 0 fully saturated rings. The van der Waals surface area contributed by atoms with E-state index in [1.165, 1.54) is 0 Å². The number of aromatic nitrogens is 2. The van der Waals surface area contributed by atoms with Gasteiger partial charge in [0, 0.05) is 24.3 Å². The molecule has 1 aromatic carbocycles. The highest BCUT2D eigenvalue weighted by Crippen LogP contribution is 2.33. The lowest BCUT2D eigenvalue weighted by molar-refractivity contribution is -0.139. The summed E-state index contributed by atoms with van der Waals surface area (Å²) in [7, 11) is 0. The molecule has 142 valence electrons. The molecule has 1 aliphatic rings. The number of hydrogen-bond donors (Lipinski definition) is 1. The summed E-state index contributed by atoms with van der Waals surface area (Å²) in [5, 5.41) is 7.80. The predicted octanol–water partition coefficient (Wildman–Crippen LogP) is 4.08. The van der Waals surface area contributed by atoms with E-state index in [4.69, 9.17) is 4.74 Å². The van der Waals surface area contributed by atoms with E-state index in [1.54, 1.807) is 17.8 Å². The van der Waals surface area contributed by atoms with Crippen molar-refractivity contribution in [3.8, 4) is 0 Å².